The summed E-state index contributed by atoms with van der Waals surface area (Å²) in [6.45, 7) is 0. The van der Waals surface area contributed by atoms with Gasteiger partial charge >= 0.3 is 0 Å². The molecule has 2 rings (SSSR count). The predicted octanol–water partition coefficient (Wildman–Crippen LogP) is 3.32. The van der Waals surface area contributed by atoms with Crippen LogP contribution in [-0.2, 0) is 0 Å². The van der Waals surface area contributed by atoms with Crippen LogP contribution in [0.1, 0.15) is 29.6 Å². The normalized spacial score (nSPS) is 15.1. The molecule has 0 fully saturated rings. The topological polar surface area (TPSA) is 43.1 Å². The third-order valence-corrected chi connectivity index (χ3v) is 2.97. The summed E-state index contributed by atoms with van der Waals surface area (Å²) < 4.78 is 0.851. The molecule has 3 heteroatoms. The number of halogens is 1. The maximum atomic E-state index is 12.0. The summed E-state index contributed by atoms with van der Waals surface area (Å²) in [7, 11) is 0. The van der Waals surface area contributed by atoms with E-state index in [1.54, 1.807) is 12.1 Å². The maximum absolute atomic E-state index is 12.0. The van der Waals surface area contributed by atoms with Crippen LogP contribution in [0, 0.1) is 0 Å². The minimum Gasteiger partial charge on any atom is -0.399 e. The summed E-state index contributed by atoms with van der Waals surface area (Å²) in [5.74, 6) is 0.112. The summed E-state index contributed by atoms with van der Waals surface area (Å²) in [6.07, 6.45) is 5.03. The first-order valence-electron chi connectivity index (χ1n) is 4.96. The lowest BCUT2D eigenvalue weighted by atomic mass is 10.0. The summed E-state index contributed by atoms with van der Waals surface area (Å²) in [5.41, 5.74) is 7.91. The standard InChI is InChI=1S/C12H12BrNO/c13-10-5-9(6-11(14)7-10)12(15)8-3-1-2-4-8/h3,5-7H,1-2,4,14H2. The molecule has 78 valence electrons. The van der Waals surface area contributed by atoms with Crippen LogP contribution in [0.3, 0.4) is 0 Å². The van der Waals surface area contributed by atoms with Gasteiger partial charge in [0.15, 0.2) is 5.78 Å². The van der Waals surface area contributed by atoms with E-state index in [-0.39, 0.29) is 5.78 Å². The minimum atomic E-state index is 0.112. The molecule has 0 unspecified atom stereocenters. The van der Waals surface area contributed by atoms with Crippen molar-refractivity contribution in [3.8, 4) is 0 Å². The quantitative estimate of drug-likeness (QED) is 0.659. The Hall–Kier alpha value is -1.09. The van der Waals surface area contributed by atoms with Crippen molar-refractivity contribution < 1.29 is 4.79 Å². The lowest BCUT2D eigenvalue weighted by Crippen LogP contribution is -2.02. The van der Waals surface area contributed by atoms with Gasteiger partial charge in [-0.1, -0.05) is 22.0 Å². The molecule has 1 aromatic rings. The molecule has 0 saturated carbocycles. The average Bonchev–Trinajstić information content (AvgIpc) is 2.67. The van der Waals surface area contributed by atoms with Crippen molar-refractivity contribution in [3.63, 3.8) is 0 Å². The minimum absolute atomic E-state index is 0.112. The molecule has 2 N–H and O–H groups in total. The van der Waals surface area contributed by atoms with Crippen LogP contribution in [0.25, 0.3) is 0 Å². The van der Waals surface area contributed by atoms with Crippen molar-refractivity contribution in [2.75, 3.05) is 5.73 Å². The number of Topliss-reactive ketones (excluding diaryl/α,β-unsaturated/α-hetero) is 1. The average molecular weight is 266 g/mol. The highest BCUT2D eigenvalue weighted by molar-refractivity contribution is 9.10. The Balaban J connectivity index is 2.32. The van der Waals surface area contributed by atoms with Crippen molar-refractivity contribution in [2.45, 2.75) is 19.3 Å². The number of hydrogen-bond donors (Lipinski definition) is 1. The highest BCUT2D eigenvalue weighted by atomic mass is 79.9. The molecule has 0 amide bonds. The van der Waals surface area contributed by atoms with Crippen LogP contribution < -0.4 is 5.73 Å². The van der Waals surface area contributed by atoms with Gasteiger partial charge in [-0.15, -0.1) is 0 Å². The SMILES string of the molecule is Nc1cc(Br)cc(C(=O)C2=CCCC2)c1. The Bertz CT molecular complexity index is 417. The van der Waals surface area contributed by atoms with E-state index in [9.17, 15) is 4.79 Å². The molecule has 1 aromatic carbocycles. The van der Waals surface area contributed by atoms with E-state index in [1.165, 1.54) is 0 Å². The summed E-state index contributed by atoms with van der Waals surface area (Å²) >= 11 is 3.34. The van der Waals surface area contributed by atoms with Gasteiger partial charge in [0.2, 0.25) is 0 Å². The number of nitrogen functional groups attached to an aromatic ring is 1. The Kier molecular flexibility index (Phi) is 2.91. The van der Waals surface area contributed by atoms with Crippen LogP contribution in [-0.4, -0.2) is 5.78 Å². The number of rotatable bonds is 2. The number of benzene rings is 1. The zero-order chi connectivity index (χ0) is 10.8. The third kappa shape index (κ3) is 2.29. The van der Waals surface area contributed by atoms with E-state index >= 15 is 0 Å². The number of carbonyl (C=O) groups excluding carboxylic acids is 1. The number of ketones is 1. The van der Waals surface area contributed by atoms with Crippen LogP contribution in [0.5, 0.6) is 0 Å². The Labute approximate surface area is 97.3 Å². The van der Waals surface area contributed by atoms with E-state index in [0.29, 0.717) is 11.3 Å². The molecular weight excluding hydrogens is 254 g/mol. The van der Waals surface area contributed by atoms with E-state index in [1.807, 2.05) is 12.1 Å². The monoisotopic (exact) mass is 265 g/mol. The summed E-state index contributed by atoms with van der Waals surface area (Å²) in [5, 5.41) is 0. The fraction of sp³-hybridized carbons (Fsp3) is 0.250. The molecule has 1 aliphatic rings. The van der Waals surface area contributed by atoms with Crippen molar-refractivity contribution in [2.24, 2.45) is 0 Å². The van der Waals surface area contributed by atoms with Crippen LogP contribution in [0.4, 0.5) is 5.69 Å². The molecule has 2 nitrogen and oxygen atoms in total. The molecule has 0 aromatic heterocycles. The van der Waals surface area contributed by atoms with Gasteiger partial charge in [0.05, 0.1) is 0 Å². The molecule has 0 aliphatic heterocycles. The Morgan fingerprint density at radius 3 is 2.73 bits per heavy atom. The van der Waals surface area contributed by atoms with Crippen molar-refractivity contribution in [3.05, 3.63) is 39.9 Å². The van der Waals surface area contributed by atoms with Crippen molar-refractivity contribution >= 4 is 27.4 Å². The highest BCUT2D eigenvalue weighted by Gasteiger charge is 2.15. The van der Waals surface area contributed by atoms with Crippen LogP contribution in [0.2, 0.25) is 0 Å². The molecule has 0 atom stereocenters. The number of allylic oxidation sites excluding steroid dienone is 2. The lowest BCUT2D eigenvalue weighted by Gasteiger charge is -2.03. The zero-order valence-electron chi connectivity index (χ0n) is 8.29. The van der Waals surface area contributed by atoms with Crippen molar-refractivity contribution in [1.82, 2.24) is 0 Å². The first-order valence-corrected chi connectivity index (χ1v) is 5.76. The molecule has 1 aliphatic carbocycles. The second-order valence-corrected chi connectivity index (χ2v) is 4.64. The van der Waals surface area contributed by atoms with Gasteiger partial charge in [0.1, 0.15) is 0 Å². The second-order valence-electron chi connectivity index (χ2n) is 3.72. The summed E-state index contributed by atoms with van der Waals surface area (Å²) in [6, 6.07) is 5.34. The number of carbonyl (C=O) groups is 1. The highest BCUT2D eigenvalue weighted by Crippen LogP contribution is 2.24. The third-order valence-electron chi connectivity index (χ3n) is 2.51. The second kappa shape index (κ2) is 4.19. The molecule has 0 heterocycles. The van der Waals surface area contributed by atoms with Gasteiger partial charge in [-0.05, 0) is 43.0 Å². The molecule has 0 spiro atoms. The molecule has 0 saturated heterocycles. The van der Waals surface area contributed by atoms with Gasteiger partial charge in [-0.3, -0.25) is 4.79 Å². The fourth-order valence-electron chi connectivity index (χ4n) is 1.81. The smallest absolute Gasteiger partial charge is 0.188 e. The van der Waals surface area contributed by atoms with Gasteiger partial charge < -0.3 is 5.73 Å². The first-order chi connectivity index (χ1) is 7.16. The number of nitrogens with two attached hydrogens (primary N) is 1. The van der Waals surface area contributed by atoms with E-state index < -0.39 is 0 Å². The Morgan fingerprint density at radius 2 is 2.13 bits per heavy atom. The Morgan fingerprint density at radius 1 is 1.33 bits per heavy atom. The maximum Gasteiger partial charge on any atom is 0.188 e. The number of hydrogen-bond acceptors (Lipinski definition) is 2. The van der Waals surface area contributed by atoms with E-state index in [4.69, 9.17) is 5.73 Å². The number of anilines is 1. The molecule has 0 radical (unpaired) electrons. The largest absolute Gasteiger partial charge is 0.399 e. The van der Waals surface area contributed by atoms with Crippen LogP contribution in [0.15, 0.2) is 34.3 Å². The van der Waals surface area contributed by atoms with Crippen molar-refractivity contribution in [1.29, 1.82) is 0 Å². The summed E-state index contributed by atoms with van der Waals surface area (Å²) in [4.78, 5) is 12.0. The predicted molar refractivity (Wildman–Crippen MR) is 64.8 cm³/mol. The zero-order valence-corrected chi connectivity index (χ0v) is 9.88. The van der Waals surface area contributed by atoms with Gasteiger partial charge in [0.25, 0.3) is 0 Å². The van der Waals surface area contributed by atoms with Gasteiger partial charge in [-0.2, -0.15) is 0 Å². The van der Waals surface area contributed by atoms with E-state index in [0.717, 1.165) is 29.3 Å². The lowest BCUT2D eigenvalue weighted by molar-refractivity contribution is 0.103. The van der Waals surface area contributed by atoms with E-state index in [2.05, 4.69) is 15.9 Å². The first kappa shape index (κ1) is 10.4. The fourth-order valence-corrected chi connectivity index (χ4v) is 2.32. The molecule has 0 bridgehead atoms. The van der Waals surface area contributed by atoms with Crippen LogP contribution >= 0.6 is 15.9 Å². The van der Waals surface area contributed by atoms with Gasteiger partial charge in [-0.25, -0.2) is 0 Å². The molecular formula is C12H12BrNO. The molecule has 15 heavy (non-hydrogen) atoms. The van der Waals surface area contributed by atoms with Gasteiger partial charge in [0, 0.05) is 15.7 Å².